The first-order chi connectivity index (χ1) is 43.6. The van der Waals surface area contributed by atoms with Gasteiger partial charge >= 0.3 is 0 Å². The lowest BCUT2D eigenvalue weighted by Gasteiger charge is -2.47. The van der Waals surface area contributed by atoms with Gasteiger partial charge in [-0.1, -0.05) is 12.8 Å². The minimum atomic E-state index is -1.85. The molecule has 0 aromatic heterocycles. The van der Waals surface area contributed by atoms with Gasteiger partial charge in [-0.2, -0.15) is 0 Å². The van der Waals surface area contributed by atoms with Crippen LogP contribution in [0.5, 0.6) is 0 Å². The molecule has 0 radical (unpaired) electrons. The van der Waals surface area contributed by atoms with Gasteiger partial charge in [0.25, 0.3) is 0 Å². The molecule has 0 aliphatic carbocycles. The van der Waals surface area contributed by atoms with Crippen LogP contribution in [0.15, 0.2) is 0 Å². The van der Waals surface area contributed by atoms with Gasteiger partial charge in [0, 0.05) is 77.4 Å². The fraction of sp³-hybridized carbons (Fsp3) is 0.943. The highest BCUT2D eigenvalue weighted by atomic mass is 32.1. The zero-order valence-electron chi connectivity index (χ0n) is 49.7. The summed E-state index contributed by atoms with van der Waals surface area (Å²) >= 11 is 16.9. The Morgan fingerprint density at radius 3 is 1.26 bits per heavy atom. The number of hydrogen-bond donors (Lipinski definition) is 23. The monoisotopic (exact) mass is 1370 g/mol. The molecule has 526 valence electrons. The van der Waals surface area contributed by atoms with Crippen LogP contribution in [0.1, 0.15) is 38.5 Å². The molecule has 14 aliphatic heterocycles. The Hall–Kier alpha value is -2.09. The Balaban J connectivity index is 0.871. The number of thiocarbonyl (C=S) groups is 3. The quantitative estimate of drug-likeness (QED) is 0.0503. The summed E-state index contributed by atoms with van der Waals surface area (Å²) in [5.74, 6) is -1.24. The van der Waals surface area contributed by atoms with Crippen molar-refractivity contribution < 1.29 is 139 Å². The molecule has 38 heteroatoms. The summed E-state index contributed by atoms with van der Waals surface area (Å²) < 4.78 is 64.0. The third-order valence-corrected chi connectivity index (χ3v) is 18.5. The van der Waals surface area contributed by atoms with E-state index in [0.29, 0.717) is 51.6 Å². The molecule has 0 aromatic carbocycles. The molecule has 14 saturated heterocycles. The van der Waals surface area contributed by atoms with Crippen molar-refractivity contribution in [1.82, 2.24) is 36.8 Å². The van der Waals surface area contributed by atoms with Crippen molar-refractivity contribution >= 4 is 52.0 Å². The Bertz CT molecular complexity index is 2140. The van der Waals surface area contributed by atoms with Crippen molar-refractivity contribution in [3.05, 3.63) is 0 Å². The van der Waals surface area contributed by atoms with Crippen molar-refractivity contribution in [2.24, 2.45) is 11.8 Å². The van der Waals surface area contributed by atoms with E-state index in [0.717, 1.165) is 0 Å². The molecular formula is C53H93N7O28S3. The number of aliphatic hydroxyl groups excluding tert-OH is 17. The summed E-state index contributed by atoms with van der Waals surface area (Å²) in [5.41, 5.74) is 0. The predicted molar refractivity (Wildman–Crippen MR) is 317 cm³/mol. The third-order valence-electron chi connectivity index (χ3n) is 17.7. The normalized spacial score (nSPS) is 44.1. The van der Waals surface area contributed by atoms with Crippen LogP contribution in [0.4, 0.5) is 0 Å². The van der Waals surface area contributed by atoms with E-state index < -0.39 is 210 Å². The minimum absolute atomic E-state index is 0.0183. The van der Waals surface area contributed by atoms with Crippen LogP contribution in [-0.2, 0) is 52.1 Å². The fourth-order valence-electron chi connectivity index (χ4n) is 12.4. The summed E-state index contributed by atoms with van der Waals surface area (Å²) in [6.45, 7) is -0.952. The van der Waals surface area contributed by atoms with Crippen molar-refractivity contribution in [2.75, 3.05) is 92.0 Å². The van der Waals surface area contributed by atoms with Gasteiger partial charge in [-0.3, -0.25) is 4.90 Å². The lowest BCUT2D eigenvalue weighted by Crippen LogP contribution is -2.67. The van der Waals surface area contributed by atoms with Crippen LogP contribution < -0.4 is 31.9 Å². The maximum absolute atomic E-state index is 11.4. The second kappa shape index (κ2) is 35.4. The van der Waals surface area contributed by atoms with E-state index in [1.54, 1.807) is 0 Å². The second-order valence-corrected chi connectivity index (χ2v) is 25.0. The molecule has 0 saturated carbocycles. The van der Waals surface area contributed by atoms with Crippen LogP contribution in [0.3, 0.4) is 0 Å². The molecule has 0 spiro atoms. The molecule has 16 unspecified atom stereocenters. The highest BCUT2D eigenvalue weighted by Crippen LogP contribution is 2.37. The number of hydrogen-bond acceptors (Lipinski definition) is 32. The lowest BCUT2D eigenvalue weighted by atomic mass is 9.84. The molecule has 91 heavy (non-hydrogen) atoms. The highest BCUT2D eigenvalue weighted by molar-refractivity contribution is 7.80. The molecule has 0 aromatic rings. The molecule has 14 rings (SSSR count). The molecule has 14 heterocycles. The SMILES string of the molecule is OCC1O[C@@H]2OCCCCC3C(CNC(=S)NCCN(CCNC(=S)NCC4O[C@@H]5OC6C(CO)O[C@H](OCCCCC4[C@H](O)C5O)C(O)[C@H]6O)CCNC(=S)N[C@@H]4OC(CO)[C@@H](O[C@@H]5OC(CO)[C@H](O)[C@H](O)C5O)[C@H](O)C4O)O[C@H](OC1[C@H](O)C2O)C(O)[C@H]3O. The van der Waals surface area contributed by atoms with Crippen molar-refractivity contribution in [1.29, 1.82) is 0 Å². The Morgan fingerprint density at radius 2 is 0.813 bits per heavy atom. The van der Waals surface area contributed by atoms with E-state index in [4.69, 9.17) is 88.8 Å². The molecule has 30 atom stereocenters. The molecular weight excluding hydrogens is 1280 g/mol. The standard InChI is InChI=1S/C53H93N7O28S3/c61-17-25-31(67)32(68)39(75)50(83-25)86-42-26(18-62)80-45(36(72)33(42)69)59-53(91)56-9-12-60(10-7-54-51(89)57-15-23-21-5-1-3-13-78-46-40(76)34(70)43(27(19-63)84-46)87-48(81-23)37(73)29(21)65)11-8-55-52(90)58-16-24-22-6-2-4-14-79-47-41(77)35(71)44(28(20-64)85-47)88-49(82-24)38(74)30(22)66/h21-50,61-77H,1-20H2,(H2,54,57,89)(H2,55,58,90)(H2,56,59,91)/t21?,22?,23?,24?,25?,26?,27?,28?,29-,30-,31-,32-,33+,34+,35+,36?,37?,38?,39?,40?,41?,42+,43?,44?,45+,46-,47-,48+,49+,50-/m0/s1. The Kier molecular flexibility index (Phi) is 29.1. The summed E-state index contributed by atoms with van der Waals surface area (Å²) in [6.07, 6.45) is -38.1. The second-order valence-electron chi connectivity index (χ2n) is 23.8. The highest BCUT2D eigenvalue weighted by Gasteiger charge is 2.55. The molecule has 14 fully saturated rings. The molecule has 23 N–H and O–H groups in total. The summed E-state index contributed by atoms with van der Waals surface area (Å²) in [4.78, 5) is 1.99. The van der Waals surface area contributed by atoms with Gasteiger partial charge < -0.3 is 171 Å². The van der Waals surface area contributed by atoms with Crippen molar-refractivity contribution in [3.8, 4) is 0 Å². The first kappa shape index (κ1) is 74.7. The minimum Gasteiger partial charge on any atom is -0.394 e. The van der Waals surface area contributed by atoms with Gasteiger partial charge in [-0.15, -0.1) is 0 Å². The van der Waals surface area contributed by atoms with Gasteiger partial charge in [0.2, 0.25) is 0 Å². The van der Waals surface area contributed by atoms with E-state index >= 15 is 0 Å². The largest absolute Gasteiger partial charge is 0.394 e. The van der Waals surface area contributed by atoms with Gasteiger partial charge in [-0.05, 0) is 62.3 Å². The van der Waals surface area contributed by atoms with E-state index in [1.807, 2.05) is 4.90 Å². The number of rotatable bonds is 20. The van der Waals surface area contributed by atoms with E-state index in [2.05, 4.69) is 31.9 Å². The number of aliphatic hydroxyl groups is 17. The summed E-state index contributed by atoms with van der Waals surface area (Å²) in [7, 11) is 0. The first-order valence-electron chi connectivity index (χ1n) is 30.8. The fourth-order valence-corrected chi connectivity index (χ4v) is 13.0. The van der Waals surface area contributed by atoms with Crippen molar-refractivity contribution in [3.63, 3.8) is 0 Å². The summed E-state index contributed by atoms with van der Waals surface area (Å²) in [5, 5.41) is 201. The van der Waals surface area contributed by atoms with Crippen LogP contribution in [0, 0.1) is 11.8 Å². The number of ether oxygens (including phenoxy) is 11. The van der Waals surface area contributed by atoms with Gasteiger partial charge in [0.05, 0.1) is 50.8 Å². The lowest BCUT2D eigenvalue weighted by molar-refractivity contribution is -0.355. The van der Waals surface area contributed by atoms with Gasteiger partial charge in [0.15, 0.2) is 53.0 Å². The zero-order chi connectivity index (χ0) is 65.8. The zero-order valence-corrected chi connectivity index (χ0v) is 52.2. The maximum atomic E-state index is 11.4. The summed E-state index contributed by atoms with van der Waals surface area (Å²) in [6, 6.07) is 0. The topological polar surface area (TPSA) is 521 Å². The Labute approximate surface area is 540 Å². The predicted octanol–water partition coefficient (Wildman–Crippen LogP) is -11.5. The number of nitrogens with zero attached hydrogens (tertiary/aromatic N) is 1. The van der Waals surface area contributed by atoms with E-state index in [9.17, 15) is 86.8 Å². The average molecular weight is 1370 g/mol. The molecule has 35 nitrogen and oxygen atoms in total. The van der Waals surface area contributed by atoms with Gasteiger partial charge in [-0.25, -0.2) is 0 Å². The van der Waals surface area contributed by atoms with Gasteiger partial charge in [0.1, 0.15) is 110 Å². The van der Waals surface area contributed by atoms with Crippen molar-refractivity contribution in [2.45, 2.75) is 210 Å². The first-order valence-corrected chi connectivity index (χ1v) is 32.0. The van der Waals surface area contributed by atoms with E-state index in [-0.39, 0.29) is 67.8 Å². The molecule has 8 bridgehead atoms. The van der Waals surface area contributed by atoms with E-state index in [1.165, 1.54) is 0 Å². The van der Waals surface area contributed by atoms with Crippen LogP contribution in [-0.4, -0.2) is 371 Å². The smallest absolute Gasteiger partial charge is 0.187 e. The molecule has 0 amide bonds. The van der Waals surface area contributed by atoms with Crippen LogP contribution in [0.2, 0.25) is 0 Å². The average Bonchev–Trinajstić information content (AvgIpc) is 0.830. The maximum Gasteiger partial charge on any atom is 0.187 e. The number of nitrogens with one attached hydrogen (secondary N) is 6. The van der Waals surface area contributed by atoms with Crippen LogP contribution >= 0.6 is 36.7 Å². The third kappa shape index (κ3) is 18.8. The van der Waals surface area contributed by atoms with Crippen LogP contribution in [0.25, 0.3) is 0 Å². The molecule has 14 aliphatic rings. The Morgan fingerprint density at radius 1 is 0.385 bits per heavy atom.